The first kappa shape index (κ1) is 15.3. The van der Waals surface area contributed by atoms with Crippen LogP contribution in [-0.2, 0) is 0 Å². The lowest BCUT2D eigenvalue weighted by molar-refractivity contribution is 0.0610. The molecule has 0 saturated carbocycles. The van der Waals surface area contributed by atoms with E-state index in [1.807, 2.05) is 18.2 Å². The lowest BCUT2D eigenvalue weighted by atomic mass is 9.81. The first-order valence-electron chi connectivity index (χ1n) is 7.73. The fourth-order valence-electron chi connectivity index (χ4n) is 3.25. The molecule has 1 fully saturated rings. The van der Waals surface area contributed by atoms with Crippen molar-refractivity contribution in [1.82, 2.24) is 4.90 Å². The summed E-state index contributed by atoms with van der Waals surface area (Å²) in [5.41, 5.74) is 1.30. The molecule has 1 saturated heterocycles. The molecule has 23 heavy (non-hydrogen) atoms. The van der Waals surface area contributed by atoms with Gasteiger partial charge in [0.2, 0.25) is 5.76 Å². The number of carbonyl (C=O) groups is 2. The molecule has 1 aliphatic rings. The zero-order valence-corrected chi connectivity index (χ0v) is 12.9. The lowest BCUT2D eigenvalue weighted by Crippen LogP contribution is -2.42. The number of nitrogens with zero attached hydrogens (tertiary/aromatic N) is 1. The average Bonchev–Trinajstić information content (AvgIpc) is 3.05. The number of hydrogen-bond donors (Lipinski definition) is 1. The van der Waals surface area contributed by atoms with Gasteiger partial charge in [0.1, 0.15) is 0 Å². The largest absolute Gasteiger partial charge is 0.475 e. The normalized spacial score (nSPS) is 21.2. The molecule has 5 nitrogen and oxygen atoms in total. The van der Waals surface area contributed by atoms with Gasteiger partial charge in [-0.15, -0.1) is 0 Å². The van der Waals surface area contributed by atoms with Gasteiger partial charge in [-0.25, -0.2) is 4.79 Å². The van der Waals surface area contributed by atoms with Gasteiger partial charge in [0.25, 0.3) is 5.91 Å². The summed E-state index contributed by atoms with van der Waals surface area (Å²) in [6.45, 7) is 3.43. The minimum absolute atomic E-state index is 0.0905. The summed E-state index contributed by atoms with van der Waals surface area (Å²) in [7, 11) is 0. The Balaban J connectivity index is 1.69. The van der Waals surface area contributed by atoms with Crippen molar-refractivity contribution >= 4 is 11.9 Å². The van der Waals surface area contributed by atoms with Crippen molar-refractivity contribution in [2.75, 3.05) is 13.1 Å². The van der Waals surface area contributed by atoms with Gasteiger partial charge < -0.3 is 14.4 Å². The topological polar surface area (TPSA) is 70.8 Å². The Labute approximate surface area is 134 Å². The van der Waals surface area contributed by atoms with Crippen LogP contribution in [-0.4, -0.2) is 35.0 Å². The third-order valence-electron chi connectivity index (χ3n) is 4.45. The third kappa shape index (κ3) is 3.13. The molecule has 1 amide bonds. The highest BCUT2D eigenvalue weighted by Crippen LogP contribution is 2.33. The molecule has 5 heteroatoms. The Morgan fingerprint density at radius 1 is 1.13 bits per heavy atom. The SMILES string of the molecule is C[C@H]1CN(C(=O)c2ccc(C(=O)O)o2)CC[C@H]1c1ccccc1. The molecule has 0 spiro atoms. The number of carboxylic acids is 1. The van der Waals surface area contributed by atoms with E-state index < -0.39 is 5.97 Å². The van der Waals surface area contributed by atoms with Crippen LogP contribution in [0.15, 0.2) is 46.9 Å². The molecule has 1 aromatic carbocycles. The van der Waals surface area contributed by atoms with Gasteiger partial charge >= 0.3 is 5.97 Å². The van der Waals surface area contributed by atoms with Crippen molar-refractivity contribution in [3.63, 3.8) is 0 Å². The summed E-state index contributed by atoms with van der Waals surface area (Å²) < 4.78 is 5.12. The highest BCUT2D eigenvalue weighted by Gasteiger charge is 2.31. The Morgan fingerprint density at radius 2 is 1.83 bits per heavy atom. The van der Waals surface area contributed by atoms with Crippen molar-refractivity contribution in [3.8, 4) is 0 Å². The predicted molar refractivity (Wildman–Crippen MR) is 84.5 cm³/mol. The van der Waals surface area contributed by atoms with E-state index in [0.29, 0.717) is 24.9 Å². The zero-order chi connectivity index (χ0) is 16.4. The smallest absolute Gasteiger partial charge is 0.371 e. The van der Waals surface area contributed by atoms with E-state index in [0.717, 1.165) is 6.42 Å². The number of carbonyl (C=O) groups excluding carboxylic acids is 1. The van der Waals surface area contributed by atoms with Gasteiger partial charge in [-0.05, 0) is 36.0 Å². The Bertz CT molecular complexity index is 707. The summed E-state index contributed by atoms with van der Waals surface area (Å²) in [6, 6.07) is 13.1. The molecule has 1 aromatic heterocycles. The predicted octanol–water partition coefficient (Wildman–Crippen LogP) is 3.24. The van der Waals surface area contributed by atoms with Crippen LogP contribution in [0.5, 0.6) is 0 Å². The number of aromatic carboxylic acids is 1. The Morgan fingerprint density at radius 3 is 2.43 bits per heavy atom. The molecule has 120 valence electrons. The van der Waals surface area contributed by atoms with Crippen LogP contribution < -0.4 is 0 Å². The minimum atomic E-state index is -1.17. The number of piperidine rings is 1. The maximum absolute atomic E-state index is 12.5. The minimum Gasteiger partial charge on any atom is -0.475 e. The summed E-state index contributed by atoms with van der Waals surface area (Å²) in [4.78, 5) is 25.1. The quantitative estimate of drug-likeness (QED) is 0.944. The van der Waals surface area contributed by atoms with Crippen LogP contribution in [0.1, 0.15) is 45.9 Å². The van der Waals surface area contributed by atoms with Crippen molar-refractivity contribution in [2.24, 2.45) is 5.92 Å². The molecule has 0 radical (unpaired) electrons. The van der Waals surface area contributed by atoms with Crippen LogP contribution >= 0.6 is 0 Å². The van der Waals surface area contributed by atoms with E-state index in [1.165, 1.54) is 17.7 Å². The average molecular weight is 313 g/mol. The van der Waals surface area contributed by atoms with Gasteiger partial charge in [-0.3, -0.25) is 4.79 Å². The summed E-state index contributed by atoms with van der Waals surface area (Å²) in [5, 5.41) is 8.87. The van der Waals surface area contributed by atoms with Crippen molar-refractivity contribution in [1.29, 1.82) is 0 Å². The van der Waals surface area contributed by atoms with Gasteiger partial charge in [-0.1, -0.05) is 37.3 Å². The standard InChI is InChI=1S/C18H19NO4/c1-12-11-19(10-9-14(12)13-5-3-2-4-6-13)17(20)15-7-8-16(23-15)18(21)22/h2-8,12,14H,9-11H2,1H3,(H,21,22)/t12-,14+/m0/s1. The molecule has 1 aliphatic heterocycles. The van der Waals surface area contributed by atoms with E-state index in [9.17, 15) is 9.59 Å². The summed E-state index contributed by atoms with van der Waals surface area (Å²) >= 11 is 0. The number of rotatable bonds is 3. The van der Waals surface area contributed by atoms with Gasteiger partial charge in [-0.2, -0.15) is 0 Å². The van der Waals surface area contributed by atoms with Crippen molar-refractivity contribution < 1.29 is 19.1 Å². The molecule has 2 heterocycles. The maximum atomic E-state index is 12.5. The molecule has 0 unspecified atom stereocenters. The van der Waals surface area contributed by atoms with Gasteiger partial charge in [0, 0.05) is 13.1 Å². The number of hydrogen-bond acceptors (Lipinski definition) is 3. The monoisotopic (exact) mass is 313 g/mol. The van der Waals surface area contributed by atoms with Crippen molar-refractivity contribution in [3.05, 3.63) is 59.5 Å². The zero-order valence-electron chi connectivity index (χ0n) is 12.9. The van der Waals surface area contributed by atoms with Crippen LogP contribution in [0, 0.1) is 5.92 Å². The first-order valence-corrected chi connectivity index (χ1v) is 7.73. The highest BCUT2D eigenvalue weighted by molar-refractivity contribution is 5.93. The van der Waals surface area contributed by atoms with Crippen LogP contribution in [0.25, 0.3) is 0 Å². The highest BCUT2D eigenvalue weighted by atomic mass is 16.4. The van der Waals surface area contributed by atoms with E-state index in [2.05, 4.69) is 19.1 Å². The maximum Gasteiger partial charge on any atom is 0.371 e. The molecule has 2 aromatic rings. The summed E-state index contributed by atoms with van der Waals surface area (Å²) in [5.74, 6) is -0.750. The Kier molecular flexibility index (Phi) is 4.19. The number of benzene rings is 1. The number of likely N-dealkylation sites (tertiary alicyclic amines) is 1. The molecular weight excluding hydrogens is 294 g/mol. The molecule has 3 rings (SSSR count). The molecule has 2 atom stereocenters. The molecule has 0 aliphatic carbocycles. The van der Waals surface area contributed by atoms with E-state index >= 15 is 0 Å². The number of amides is 1. The summed E-state index contributed by atoms with van der Waals surface area (Å²) in [6.07, 6.45) is 0.892. The number of carboxylic acid groups (broad SMARTS) is 1. The van der Waals surface area contributed by atoms with E-state index in [4.69, 9.17) is 9.52 Å². The molecule has 1 N–H and O–H groups in total. The molecule has 0 bridgehead atoms. The second-order valence-electron chi connectivity index (χ2n) is 6.00. The molecular formula is C18H19NO4. The fourth-order valence-corrected chi connectivity index (χ4v) is 3.25. The second kappa shape index (κ2) is 6.28. The van der Waals surface area contributed by atoms with Gasteiger partial charge in [0.15, 0.2) is 5.76 Å². The Hall–Kier alpha value is -2.56. The van der Waals surface area contributed by atoms with Crippen molar-refractivity contribution in [2.45, 2.75) is 19.3 Å². The third-order valence-corrected chi connectivity index (χ3v) is 4.45. The number of furan rings is 1. The van der Waals surface area contributed by atoms with Gasteiger partial charge in [0.05, 0.1) is 0 Å². The second-order valence-corrected chi connectivity index (χ2v) is 6.00. The van der Waals surface area contributed by atoms with E-state index in [-0.39, 0.29) is 17.4 Å². The van der Waals surface area contributed by atoms with Crippen LogP contribution in [0.4, 0.5) is 0 Å². The first-order chi connectivity index (χ1) is 11.1. The lowest BCUT2D eigenvalue weighted by Gasteiger charge is -2.36. The van der Waals surface area contributed by atoms with Crippen LogP contribution in [0.2, 0.25) is 0 Å². The van der Waals surface area contributed by atoms with E-state index in [1.54, 1.807) is 4.90 Å². The van der Waals surface area contributed by atoms with Crippen LogP contribution in [0.3, 0.4) is 0 Å². The fraction of sp³-hybridized carbons (Fsp3) is 0.333.